The molecular weight excluding hydrogens is 272 g/mol. The van der Waals surface area contributed by atoms with Crippen molar-refractivity contribution in [1.29, 1.82) is 0 Å². The van der Waals surface area contributed by atoms with Crippen LogP contribution in [-0.4, -0.2) is 9.38 Å². The van der Waals surface area contributed by atoms with E-state index in [0.717, 1.165) is 38.2 Å². The SMILES string of the molecule is Cc1ccc2c3c1cccc3c(=O)n1c3ccccc3nc21. The van der Waals surface area contributed by atoms with Crippen LogP contribution in [0, 0.1) is 6.92 Å². The maximum atomic E-state index is 13.0. The van der Waals surface area contributed by atoms with Gasteiger partial charge in [-0.1, -0.05) is 36.4 Å². The van der Waals surface area contributed by atoms with Gasteiger partial charge in [-0.2, -0.15) is 0 Å². The van der Waals surface area contributed by atoms with Gasteiger partial charge in [-0.05, 0) is 36.1 Å². The Morgan fingerprint density at radius 3 is 2.59 bits per heavy atom. The number of pyridine rings is 1. The van der Waals surface area contributed by atoms with Crippen LogP contribution in [0.25, 0.3) is 38.2 Å². The van der Waals surface area contributed by atoms with Gasteiger partial charge in [-0.15, -0.1) is 0 Å². The van der Waals surface area contributed by atoms with Crippen molar-refractivity contribution in [2.75, 3.05) is 0 Å². The van der Waals surface area contributed by atoms with E-state index in [0.29, 0.717) is 0 Å². The van der Waals surface area contributed by atoms with Crippen LogP contribution in [0.1, 0.15) is 5.56 Å². The molecule has 0 amide bonds. The number of hydrogen-bond donors (Lipinski definition) is 0. The van der Waals surface area contributed by atoms with Gasteiger partial charge in [-0.25, -0.2) is 4.98 Å². The minimum atomic E-state index is 0.00685. The molecule has 0 atom stereocenters. The Labute approximate surface area is 125 Å². The number of aromatic nitrogens is 2. The van der Waals surface area contributed by atoms with Crippen LogP contribution in [0.4, 0.5) is 0 Å². The van der Waals surface area contributed by atoms with Gasteiger partial charge in [-0.3, -0.25) is 9.20 Å². The van der Waals surface area contributed by atoms with E-state index in [4.69, 9.17) is 4.98 Å². The lowest BCUT2D eigenvalue weighted by atomic mass is 9.99. The van der Waals surface area contributed by atoms with E-state index in [1.54, 1.807) is 4.40 Å². The van der Waals surface area contributed by atoms with Gasteiger partial charge in [0.2, 0.25) is 0 Å². The first kappa shape index (κ1) is 11.7. The molecule has 5 aromatic rings. The fourth-order valence-corrected chi connectivity index (χ4v) is 3.45. The summed E-state index contributed by atoms with van der Waals surface area (Å²) in [6.07, 6.45) is 0. The molecule has 0 unspecified atom stereocenters. The van der Waals surface area contributed by atoms with Gasteiger partial charge in [0.25, 0.3) is 5.56 Å². The van der Waals surface area contributed by atoms with Crippen LogP contribution in [0.3, 0.4) is 0 Å². The highest BCUT2D eigenvalue weighted by atomic mass is 16.1. The fraction of sp³-hybridized carbons (Fsp3) is 0.0526. The van der Waals surface area contributed by atoms with E-state index in [-0.39, 0.29) is 5.56 Å². The van der Waals surface area contributed by atoms with Crippen molar-refractivity contribution in [2.45, 2.75) is 6.92 Å². The Morgan fingerprint density at radius 2 is 1.68 bits per heavy atom. The van der Waals surface area contributed by atoms with Crippen LogP contribution in [0.2, 0.25) is 0 Å². The third kappa shape index (κ3) is 1.26. The van der Waals surface area contributed by atoms with Gasteiger partial charge in [0.1, 0.15) is 5.65 Å². The summed E-state index contributed by atoms with van der Waals surface area (Å²) in [6.45, 7) is 2.07. The molecule has 0 fully saturated rings. The number of hydrogen-bond acceptors (Lipinski definition) is 2. The summed E-state index contributed by atoms with van der Waals surface area (Å²) < 4.78 is 1.74. The van der Waals surface area contributed by atoms with Crippen molar-refractivity contribution in [1.82, 2.24) is 9.38 Å². The summed E-state index contributed by atoms with van der Waals surface area (Å²) in [6, 6.07) is 17.9. The maximum Gasteiger partial charge on any atom is 0.264 e. The van der Waals surface area contributed by atoms with Crippen LogP contribution < -0.4 is 5.56 Å². The normalized spacial score (nSPS) is 12.0. The molecule has 0 N–H and O–H groups in total. The predicted octanol–water partition coefficient (Wildman–Crippen LogP) is 3.90. The van der Waals surface area contributed by atoms with Crippen LogP contribution in [0.15, 0.2) is 59.4 Å². The van der Waals surface area contributed by atoms with Gasteiger partial charge >= 0.3 is 0 Å². The summed E-state index contributed by atoms with van der Waals surface area (Å²) in [5.74, 6) is 0. The lowest BCUT2D eigenvalue weighted by molar-refractivity contribution is 1.19. The quantitative estimate of drug-likeness (QED) is 0.432. The van der Waals surface area contributed by atoms with Gasteiger partial charge < -0.3 is 0 Å². The monoisotopic (exact) mass is 284 g/mol. The van der Waals surface area contributed by atoms with Gasteiger partial charge in [0, 0.05) is 16.2 Å². The largest absolute Gasteiger partial charge is 0.268 e. The number of aryl methyl sites for hydroxylation is 1. The lowest BCUT2D eigenvalue weighted by Gasteiger charge is -2.09. The highest BCUT2D eigenvalue weighted by Crippen LogP contribution is 2.31. The van der Waals surface area contributed by atoms with Crippen molar-refractivity contribution in [3.8, 4) is 0 Å². The summed E-state index contributed by atoms with van der Waals surface area (Å²) >= 11 is 0. The molecule has 2 heterocycles. The smallest absolute Gasteiger partial charge is 0.264 e. The van der Waals surface area contributed by atoms with E-state index in [1.807, 2.05) is 36.4 Å². The molecular formula is C19H12N2O. The van der Waals surface area contributed by atoms with Gasteiger partial charge in [0.05, 0.1) is 11.0 Å². The van der Waals surface area contributed by atoms with Crippen molar-refractivity contribution in [3.63, 3.8) is 0 Å². The molecule has 0 bridgehead atoms. The standard InChI is InChI=1S/C19H12N2O/c1-11-9-10-13-17-12(11)5-4-6-14(17)19(22)21-16-8-3-2-7-15(16)20-18(13)21/h2-10H,1H3. The van der Waals surface area contributed by atoms with Crippen molar-refractivity contribution in [3.05, 3.63) is 70.5 Å². The number of nitrogens with zero attached hydrogens (tertiary/aromatic N) is 2. The maximum absolute atomic E-state index is 13.0. The molecule has 0 spiro atoms. The third-order valence-corrected chi connectivity index (χ3v) is 4.49. The molecule has 0 aliphatic carbocycles. The lowest BCUT2D eigenvalue weighted by Crippen LogP contribution is -2.13. The first-order valence-corrected chi connectivity index (χ1v) is 7.30. The number of imidazole rings is 1. The van der Waals surface area contributed by atoms with Crippen molar-refractivity contribution in [2.24, 2.45) is 0 Å². The first-order valence-electron chi connectivity index (χ1n) is 7.30. The molecule has 5 rings (SSSR count). The molecule has 0 aliphatic rings. The minimum absolute atomic E-state index is 0.00685. The molecule has 0 saturated carbocycles. The topological polar surface area (TPSA) is 34.4 Å². The molecule has 0 saturated heterocycles. The molecule has 3 aromatic carbocycles. The predicted molar refractivity (Wildman–Crippen MR) is 89.9 cm³/mol. The first-order chi connectivity index (χ1) is 10.8. The van der Waals surface area contributed by atoms with Crippen LogP contribution in [0.5, 0.6) is 0 Å². The number of benzene rings is 3. The second-order valence-corrected chi connectivity index (χ2v) is 5.72. The van der Waals surface area contributed by atoms with Gasteiger partial charge in [0.15, 0.2) is 0 Å². The average Bonchev–Trinajstić information content (AvgIpc) is 2.93. The highest BCUT2D eigenvalue weighted by Gasteiger charge is 2.15. The van der Waals surface area contributed by atoms with E-state index in [1.165, 1.54) is 5.56 Å². The number of para-hydroxylation sites is 2. The molecule has 0 aliphatic heterocycles. The highest BCUT2D eigenvalue weighted by molar-refractivity contribution is 6.16. The zero-order chi connectivity index (χ0) is 14.8. The Hall–Kier alpha value is -2.94. The van der Waals surface area contributed by atoms with Crippen LogP contribution in [-0.2, 0) is 0 Å². The second kappa shape index (κ2) is 3.83. The Morgan fingerprint density at radius 1 is 0.864 bits per heavy atom. The van der Waals surface area contributed by atoms with Crippen LogP contribution >= 0.6 is 0 Å². The summed E-state index contributed by atoms with van der Waals surface area (Å²) in [7, 11) is 0. The minimum Gasteiger partial charge on any atom is -0.268 e. The Balaban J connectivity index is 2.25. The third-order valence-electron chi connectivity index (χ3n) is 4.49. The molecule has 3 heteroatoms. The molecule has 22 heavy (non-hydrogen) atoms. The zero-order valence-corrected chi connectivity index (χ0v) is 12.0. The van der Waals surface area contributed by atoms with E-state index in [2.05, 4.69) is 25.1 Å². The molecule has 0 radical (unpaired) electrons. The number of rotatable bonds is 0. The average molecular weight is 284 g/mol. The second-order valence-electron chi connectivity index (χ2n) is 5.72. The van der Waals surface area contributed by atoms with Crippen molar-refractivity contribution >= 4 is 38.2 Å². The molecule has 3 nitrogen and oxygen atoms in total. The fourth-order valence-electron chi connectivity index (χ4n) is 3.45. The van der Waals surface area contributed by atoms with E-state index >= 15 is 0 Å². The zero-order valence-electron chi connectivity index (χ0n) is 12.0. The van der Waals surface area contributed by atoms with Crippen molar-refractivity contribution < 1.29 is 0 Å². The molecule has 2 aromatic heterocycles. The summed E-state index contributed by atoms with van der Waals surface area (Å²) in [5.41, 5.74) is 3.65. The Bertz CT molecular complexity index is 1250. The van der Waals surface area contributed by atoms with E-state index < -0.39 is 0 Å². The number of fused-ring (bicyclic) bond motifs is 4. The summed E-state index contributed by atoms with van der Waals surface area (Å²) in [5, 5.41) is 3.94. The molecule has 104 valence electrons. The Kier molecular flexibility index (Phi) is 2.03. The summed E-state index contributed by atoms with van der Waals surface area (Å²) in [4.78, 5) is 17.7. The van der Waals surface area contributed by atoms with E-state index in [9.17, 15) is 4.79 Å².